The molecule has 86 valence electrons. The molecule has 0 saturated heterocycles. The SMILES string of the molecule is CC(C(N)=O)(c1ccccn1)c1cnccn1. The van der Waals surface area contributed by atoms with Gasteiger partial charge in [0.05, 0.1) is 11.4 Å². The lowest BCUT2D eigenvalue weighted by atomic mass is 9.82. The van der Waals surface area contributed by atoms with Gasteiger partial charge in [-0.2, -0.15) is 0 Å². The Bertz CT molecular complexity index is 473. The lowest BCUT2D eigenvalue weighted by Crippen LogP contribution is -2.41. The van der Waals surface area contributed by atoms with Crippen LogP contribution < -0.4 is 5.73 Å². The molecule has 2 heterocycles. The summed E-state index contributed by atoms with van der Waals surface area (Å²) in [4.78, 5) is 24.0. The summed E-state index contributed by atoms with van der Waals surface area (Å²) in [6.07, 6.45) is 6.22. The van der Waals surface area contributed by atoms with Gasteiger partial charge in [0.1, 0.15) is 5.41 Å². The van der Waals surface area contributed by atoms with Gasteiger partial charge >= 0.3 is 0 Å². The predicted molar refractivity (Wildman–Crippen MR) is 61.9 cm³/mol. The van der Waals surface area contributed by atoms with Crippen LogP contribution in [0.2, 0.25) is 0 Å². The second kappa shape index (κ2) is 4.29. The van der Waals surface area contributed by atoms with E-state index in [0.29, 0.717) is 11.4 Å². The van der Waals surface area contributed by atoms with Crippen LogP contribution in [-0.2, 0) is 10.2 Å². The van der Waals surface area contributed by atoms with Crippen LogP contribution in [0.15, 0.2) is 43.0 Å². The Morgan fingerprint density at radius 2 is 1.94 bits per heavy atom. The van der Waals surface area contributed by atoms with Crippen molar-refractivity contribution in [2.75, 3.05) is 0 Å². The maximum Gasteiger partial charge on any atom is 0.235 e. The monoisotopic (exact) mass is 228 g/mol. The molecule has 0 aliphatic heterocycles. The van der Waals surface area contributed by atoms with Crippen LogP contribution in [0.1, 0.15) is 18.3 Å². The highest BCUT2D eigenvalue weighted by Crippen LogP contribution is 2.27. The molecule has 1 atom stereocenters. The fourth-order valence-corrected chi connectivity index (χ4v) is 1.60. The first-order chi connectivity index (χ1) is 8.15. The summed E-state index contributed by atoms with van der Waals surface area (Å²) in [6, 6.07) is 5.33. The summed E-state index contributed by atoms with van der Waals surface area (Å²) in [6.45, 7) is 1.70. The smallest absolute Gasteiger partial charge is 0.235 e. The topological polar surface area (TPSA) is 81.8 Å². The molecule has 2 rings (SSSR count). The summed E-state index contributed by atoms with van der Waals surface area (Å²) in [7, 11) is 0. The highest BCUT2D eigenvalue weighted by Gasteiger charge is 2.38. The van der Waals surface area contributed by atoms with Crippen molar-refractivity contribution in [1.82, 2.24) is 15.0 Å². The van der Waals surface area contributed by atoms with Gasteiger partial charge in [0.15, 0.2) is 0 Å². The molecule has 0 aromatic carbocycles. The van der Waals surface area contributed by atoms with Crippen LogP contribution in [0.25, 0.3) is 0 Å². The van der Waals surface area contributed by atoms with Gasteiger partial charge in [0.25, 0.3) is 0 Å². The average Bonchev–Trinajstić information content (AvgIpc) is 2.39. The summed E-state index contributed by atoms with van der Waals surface area (Å²) in [5.41, 5.74) is 5.48. The van der Waals surface area contributed by atoms with E-state index < -0.39 is 11.3 Å². The Balaban J connectivity index is 2.59. The van der Waals surface area contributed by atoms with E-state index >= 15 is 0 Å². The molecule has 5 nitrogen and oxygen atoms in total. The van der Waals surface area contributed by atoms with Crippen LogP contribution in [0.4, 0.5) is 0 Å². The Kier molecular flexibility index (Phi) is 2.82. The van der Waals surface area contributed by atoms with Crippen molar-refractivity contribution < 1.29 is 4.79 Å². The van der Waals surface area contributed by atoms with E-state index in [1.54, 1.807) is 37.5 Å². The molecule has 0 bridgehead atoms. The molecule has 5 heteroatoms. The molecule has 0 saturated carbocycles. The molecular weight excluding hydrogens is 216 g/mol. The van der Waals surface area contributed by atoms with Crippen molar-refractivity contribution in [3.05, 3.63) is 54.4 Å². The van der Waals surface area contributed by atoms with Gasteiger partial charge in [-0.25, -0.2) is 0 Å². The third-order valence-electron chi connectivity index (χ3n) is 2.75. The summed E-state index contributed by atoms with van der Waals surface area (Å²) in [5.74, 6) is -0.503. The second-order valence-corrected chi connectivity index (χ2v) is 3.79. The number of hydrogen-bond acceptors (Lipinski definition) is 4. The van der Waals surface area contributed by atoms with E-state index in [1.807, 2.05) is 0 Å². The summed E-state index contributed by atoms with van der Waals surface area (Å²) >= 11 is 0. The fraction of sp³-hybridized carbons (Fsp3) is 0.167. The minimum Gasteiger partial charge on any atom is -0.369 e. The minimum absolute atomic E-state index is 0.492. The van der Waals surface area contributed by atoms with Crippen molar-refractivity contribution in [2.45, 2.75) is 12.3 Å². The van der Waals surface area contributed by atoms with Crippen LogP contribution in [0.5, 0.6) is 0 Å². The first-order valence-corrected chi connectivity index (χ1v) is 5.13. The molecule has 0 fully saturated rings. The van der Waals surface area contributed by atoms with Gasteiger partial charge < -0.3 is 5.73 Å². The number of nitrogens with zero attached hydrogens (tertiary/aromatic N) is 3. The molecule has 1 amide bonds. The van der Waals surface area contributed by atoms with Crippen molar-refractivity contribution in [3.8, 4) is 0 Å². The highest BCUT2D eigenvalue weighted by molar-refractivity contribution is 5.89. The Labute approximate surface area is 98.7 Å². The number of carbonyl (C=O) groups is 1. The molecular formula is C12H12N4O. The number of rotatable bonds is 3. The van der Waals surface area contributed by atoms with Gasteiger partial charge in [-0.1, -0.05) is 6.07 Å². The van der Waals surface area contributed by atoms with Crippen LogP contribution in [0, 0.1) is 0 Å². The normalized spacial score (nSPS) is 13.9. The molecule has 0 aliphatic rings. The van der Waals surface area contributed by atoms with Crippen molar-refractivity contribution in [1.29, 1.82) is 0 Å². The van der Waals surface area contributed by atoms with Crippen molar-refractivity contribution >= 4 is 5.91 Å². The number of primary amides is 1. The molecule has 2 N–H and O–H groups in total. The zero-order valence-corrected chi connectivity index (χ0v) is 9.37. The zero-order chi connectivity index (χ0) is 12.3. The lowest BCUT2D eigenvalue weighted by Gasteiger charge is -2.24. The van der Waals surface area contributed by atoms with E-state index in [2.05, 4.69) is 15.0 Å². The first-order valence-electron chi connectivity index (χ1n) is 5.13. The molecule has 0 aliphatic carbocycles. The van der Waals surface area contributed by atoms with Crippen LogP contribution in [-0.4, -0.2) is 20.9 Å². The maximum atomic E-state index is 11.7. The average molecular weight is 228 g/mol. The number of carbonyl (C=O) groups excluding carboxylic acids is 1. The largest absolute Gasteiger partial charge is 0.369 e. The number of hydrogen-bond donors (Lipinski definition) is 1. The number of pyridine rings is 1. The number of amides is 1. The van der Waals surface area contributed by atoms with E-state index in [0.717, 1.165) is 0 Å². The van der Waals surface area contributed by atoms with E-state index in [4.69, 9.17) is 5.73 Å². The van der Waals surface area contributed by atoms with E-state index in [-0.39, 0.29) is 0 Å². The van der Waals surface area contributed by atoms with E-state index in [1.165, 1.54) is 12.4 Å². The number of nitrogens with two attached hydrogens (primary N) is 1. The summed E-state index contributed by atoms with van der Waals surface area (Å²) < 4.78 is 0. The molecule has 0 radical (unpaired) electrons. The third kappa shape index (κ3) is 1.87. The predicted octanol–water partition coefficient (Wildman–Crippen LogP) is 0.663. The molecule has 2 aromatic rings. The molecule has 0 spiro atoms. The highest BCUT2D eigenvalue weighted by atomic mass is 16.1. The molecule has 17 heavy (non-hydrogen) atoms. The quantitative estimate of drug-likeness (QED) is 0.836. The Morgan fingerprint density at radius 1 is 1.18 bits per heavy atom. The van der Waals surface area contributed by atoms with Crippen molar-refractivity contribution in [2.24, 2.45) is 5.73 Å². The minimum atomic E-state index is -1.06. The first kappa shape index (κ1) is 11.2. The summed E-state index contributed by atoms with van der Waals surface area (Å²) in [5, 5.41) is 0. The standard InChI is InChI=1S/C12H12N4O/c1-12(11(13)17,9-4-2-3-5-15-9)10-8-14-6-7-16-10/h2-8H,1H3,(H2,13,17). The fourth-order valence-electron chi connectivity index (χ4n) is 1.60. The van der Waals surface area contributed by atoms with Gasteiger partial charge in [0.2, 0.25) is 5.91 Å². The van der Waals surface area contributed by atoms with E-state index in [9.17, 15) is 4.79 Å². The van der Waals surface area contributed by atoms with Crippen LogP contribution in [0.3, 0.4) is 0 Å². The van der Waals surface area contributed by atoms with Crippen LogP contribution >= 0.6 is 0 Å². The molecule has 1 unspecified atom stereocenters. The second-order valence-electron chi connectivity index (χ2n) is 3.79. The van der Waals surface area contributed by atoms with Gasteiger partial charge in [-0.15, -0.1) is 0 Å². The zero-order valence-electron chi connectivity index (χ0n) is 9.37. The maximum absolute atomic E-state index is 11.7. The van der Waals surface area contributed by atoms with Crippen molar-refractivity contribution in [3.63, 3.8) is 0 Å². The van der Waals surface area contributed by atoms with Gasteiger partial charge in [-0.3, -0.25) is 19.7 Å². The number of aromatic nitrogens is 3. The molecule has 2 aromatic heterocycles. The van der Waals surface area contributed by atoms with Gasteiger partial charge in [-0.05, 0) is 19.1 Å². The van der Waals surface area contributed by atoms with Gasteiger partial charge in [0, 0.05) is 24.8 Å². The Hall–Kier alpha value is -2.30. The lowest BCUT2D eigenvalue weighted by molar-refractivity contribution is -0.121. The third-order valence-corrected chi connectivity index (χ3v) is 2.75. The Morgan fingerprint density at radius 3 is 2.47 bits per heavy atom.